The monoisotopic (exact) mass is 661 g/mol. The highest BCUT2D eigenvalue weighted by molar-refractivity contribution is 6.05. The van der Waals surface area contributed by atoms with Gasteiger partial charge in [0.2, 0.25) is 0 Å². The number of hydrogen-bond acceptors (Lipinski definition) is 8. The Morgan fingerprint density at radius 3 is 2.46 bits per heavy atom. The fourth-order valence-corrected chi connectivity index (χ4v) is 5.42. The summed E-state index contributed by atoms with van der Waals surface area (Å²) in [6.45, 7) is 6.43. The maximum absolute atomic E-state index is 14.3. The third-order valence-corrected chi connectivity index (χ3v) is 8.39. The van der Waals surface area contributed by atoms with Crippen molar-refractivity contribution < 1.29 is 33.7 Å². The van der Waals surface area contributed by atoms with E-state index in [1.807, 2.05) is 13.8 Å². The Balaban J connectivity index is 1.58. The second kappa shape index (κ2) is 17.5. The maximum Gasteiger partial charge on any atom is 0.321 e. The summed E-state index contributed by atoms with van der Waals surface area (Å²) >= 11 is 0. The van der Waals surface area contributed by atoms with E-state index in [2.05, 4.69) is 15.6 Å². The molecule has 12 heteroatoms. The number of nitrogens with one attached hydrogen (secondary N) is 2. The van der Waals surface area contributed by atoms with Gasteiger partial charge in [-0.15, -0.1) is 0 Å². The predicted octanol–water partition coefficient (Wildman–Crippen LogP) is 5.30. The van der Waals surface area contributed by atoms with Gasteiger partial charge in [-0.1, -0.05) is 6.92 Å². The second-order valence-corrected chi connectivity index (χ2v) is 12.2. The molecule has 2 heterocycles. The third-order valence-electron chi connectivity index (χ3n) is 8.39. The van der Waals surface area contributed by atoms with Crippen molar-refractivity contribution in [3.63, 3.8) is 0 Å². The minimum absolute atomic E-state index is 0.192. The molecule has 1 aliphatic rings. The molecule has 0 saturated carbocycles. The summed E-state index contributed by atoms with van der Waals surface area (Å²) in [4.78, 5) is 47.5. The first-order valence-electron chi connectivity index (χ1n) is 16.3. The van der Waals surface area contributed by atoms with Crippen LogP contribution in [0.25, 0.3) is 0 Å². The van der Waals surface area contributed by atoms with Gasteiger partial charge < -0.3 is 39.8 Å². The number of pyridine rings is 1. The van der Waals surface area contributed by atoms with Crippen LogP contribution in [0.15, 0.2) is 67.0 Å². The Kier molecular flexibility index (Phi) is 13.2. The lowest BCUT2D eigenvalue weighted by Gasteiger charge is -2.35. The summed E-state index contributed by atoms with van der Waals surface area (Å²) in [5.74, 6) is 0.173. The van der Waals surface area contributed by atoms with E-state index in [0.29, 0.717) is 35.0 Å². The largest absolute Gasteiger partial charge is 0.497 e. The molecule has 0 spiro atoms. The fraction of sp³-hybridized carbons (Fsp3) is 0.444. The molecule has 4 amide bonds. The number of carbonyl (C=O) groups excluding carboxylic acids is 3. The minimum Gasteiger partial charge on any atom is -0.497 e. The quantitative estimate of drug-likeness (QED) is 0.295. The Hall–Kier alpha value is -4.68. The molecule has 0 unspecified atom stereocenters. The van der Waals surface area contributed by atoms with Crippen molar-refractivity contribution in [1.82, 2.24) is 14.8 Å². The van der Waals surface area contributed by atoms with Gasteiger partial charge in [-0.3, -0.25) is 14.6 Å². The molecule has 0 fully saturated rings. The number of aromatic nitrogens is 1. The SMILES string of the molecule is COc1ccc(NC(=O)N(C)C[C@@H]2OCCCC[C@@H](C)Oc3ccc(NC(=O)c4ccncc4)cc3C(=O)N([C@@H](C)CO)C[C@H]2C)cc1. The Labute approximate surface area is 282 Å². The summed E-state index contributed by atoms with van der Waals surface area (Å²) < 4.78 is 17.9. The van der Waals surface area contributed by atoms with Crippen LogP contribution in [0.2, 0.25) is 0 Å². The van der Waals surface area contributed by atoms with E-state index in [9.17, 15) is 19.5 Å². The summed E-state index contributed by atoms with van der Waals surface area (Å²) in [5, 5.41) is 16.0. The second-order valence-electron chi connectivity index (χ2n) is 12.2. The molecule has 48 heavy (non-hydrogen) atoms. The Bertz CT molecular complexity index is 1500. The van der Waals surface area contributed by atoms with Crippen molar-refractivity contribution in [2.24, 2.45) is 5.92 Å². The maximum atomic E-state index is 14.3. The molecule has 12 nitrogen and oxygen atoms in total. The first-order valence-corrected chi connectivity index (χ1v) is 16.3. The summed E-state index contributed by atoms with van der Waals surface area (Å²) in [5.41, 5.74) is 1.76. The number of aliphatic hydroxyl groups excluding tert-OH is 1. The number of nitrogens with zero attached hydrogens (tertiary/aromatic N) is 3. The van der Waals surface area contributed by atoms with E-state index >= 15 is 0 Å². The molecule has 0 saturated heterocycles. The van der Waals surface area contributed by atoms with Gasteiger partial charge in [-0.2, -0.15) is 0 Å². The molecule has 0 bridgehead atoms. The molecule has 0 aliphatic carbocycles. The Morgan fingerprint density at radius 2 is 1.77 bits per heavy atom. The molecule has 3 N–H and O–H groups in total. The van der Waals surface area contributed by atoms with Crippen molar-refractivity contribution >= 4 is 29.2 Å². The molecule has 1 aromatic heterocycles. The van der Waals surface area contributed by atoms with Crippen LogP contribution in [0.5, 0.6) is 11.5 Å². The van der Waals surface area contributed by atoms with Gasteiger partial charge >= 0.3 is 6.03 Å². The molecule has 2 aromatic carbocycles. The number of fused-ring (bicyclic) bond motifs is 1. The highest BCUT2D eigenvalue weighted by Crippen LogP contribution is 2.29. The van der Waals surface area contributed by atoms with Crippen LogP contribution < -0.4 is 20.1 Å². The Morgan fingerprint density at radius 1 is 1.06 bits per heavy atom. The van der Waals surface area contributed by atoms with Crippen molar-refractivity contribution in [3.8, 4) is 11.5 Å². The van der Waals surface area contributed by atoms with E-state index < -0.39 is 12.1 Å². The number of aliphatic hydroxyl groups is 1. The van der Waals surface area contributed by atoms with Crippen molar-refractivity contribution in [1.29, 1.82) is 0 Å². The van der Waals surface area contributed by atoms with Crippen LogP contribution in [0.4, 0.5) is 16.2 Å². The molecule has 258 valence electrons. The van der Waals surface area contributed by atoms with E-state index in [-0.39, 0.29) is 55.1 Å². The van der Waals surface area contributed by atoms with Crippen LogP contribution in [0.1, 0.15) is 60.7 Å². The zero-order chi connectivity index (χ0) is 34.6. The van der Waals surface area contributed by atoms with E-state index in [1.165, 1.54) is 12.4 Å². The first-order chi connectivity index (χ1) is 23.1. The van der Waals surface area contributed by atoms with Crippen molar-refractivity contribution in [2.45, 2.75) is 58.3 Å². The molecule has 3 aromatic rings. The van der Waals surface area contributed by atoms with Crippen molar-refractivity contribution in [2.75, 3.05) is 51.1 Å². The van der Waals surface area contributed by atoms with Gasteiger partial charge in [-0.25, -0.2) is 4.79 Å². The average molecular weight is 662 g/mol. The van der Waals surface area contributed by atoms with E-state index in [0.717, 1.165) is 19.3 Å². The number of rotatable bonds is 8. The predicted molar refractivity (Wildman–Crippen MR) is 184 cm³/mol. The molecular weight excluding hydrogens is 614 g/mol. The number of methoxy groups -OCH3 is 1. The van der Waals surface area contributed by atoms with Crippen LogP contribution in [-0.4, -0.2) is 96.4 Å². The van der Waals surface area contributed by atoms with Crippen LogP contribution in [0, 0.1) is 5.92 Å². The van der Waals surface area contributed by atoms with Gasteiger partial charge in [0.25, 0.3) is 11.8 Å². The number of urea groups is 1. The number of benzene rings is 2. The first kappa shape index (κ1) is 36.2. The normalized spacial score (nSPS) is 19.6. The van der Waals surface area contributed by atoms with Crippen LogP contribution >= 0.6 is 0 Å². The van der Waals surface area contributed by atoms with Gasteiger partial charge in [0.1, 0.15) is 11.5 Å². The van der Waals surface area contributed by atoms with Crippen molar-refractivity contribution in [3.05, 3.63) is 78.1 Å². The number of likely N-dealkylation sites (N-methyl/N-ethyl adjacent to an activating group) is 1. The lowest BCUT2D eigenvalue weighted by molar-refractivity contribution is -0.0115. The van der Waals surface area contributed by atoms with E-state index in [1.54, 1.807) is 85.5 Å². The highest BCUT2D eigenvalue weighted by atomic mass is 16.5. The number of hydrogen-bond donors (Lipinski definition) is 3. The summed E-state index contributed by atoms with van der Waals surface area (Å²) in [6.07, 6.45) is 4.85. The molecule has 4 atom stereocenters. The lowest BCUT2D eigenvalue weighted by atomic mass is 10.0. The van der Waals surface area contributed by atoms with Gasteiger partial charge in [0, 0.05) is 62.0 Å². The average Bonchev–Trinajstić information content (AvgIpc) is 3.10. The number of amides is 4. The molecule has 4 rings (SSSR count). The topological polar surface area (TPSA) is 143 Å². The minimum atomic E-state index is -0.537. The lowest BCUT2D eigenvalue weighted by Crippen LogP contribution is -2.48. The fourth-order valence-electron chi connectivity index (χ4n) is 5.42. The van der Waals surface area contributed by atoms with Gasteiger partial charge in [0.15, 0.2) is 0 Å². The zero-order valence-corrected chi connectivity index (χ0v) is 28.3. The standard InChI is InChI=1S/C36H47N5O7/c1-24-21-41(25(2)23-42)35(44)31-20-29(38-34(43)27-15-17-37-18-16-27)11-14-32(31)48-26(3)8-6-7-19-47-33(24)22-40(4)36(45)39-28-9-12-30(46-5)13-10-28/h9-18,20,24-26,33,42H,6-8,19,21-23H2,1-5H3,(H,38,43)(H,39,45)/t24-,25+,26-,33+/m1/s1. The number of carbonyl (C=O) groups is 3. The zero-order valence-electron chi connectivity index (χ0n) is 28.3. The molecular formula is C36H47N5O7. The number of ether oxygens (including phenoxy) is 3. The molecule has 0 radical (unpaired) electrons. The highest BCUT2D eigenvalue weighted by Gasteiger charge is 2.31. The van der Waals surface area contributed by atoms with Gasteiger partial charge in [-0.05, 0) is 87.7 Å². The van der Waals surface area contributed by atoms with E-state index in [4.69, 9.17) is 14.2 Å². The van der Waals surface area contributed by atoms with Gasteiger partial charge in [0.05, 0.1) is 37.5 Å². The van der Waals surface area contributed by atoms with Crippen LogP contribution in [-0.2, 0) is 4.74 Å². The smallest absolute Gasteiger partial charge is 0.321 e. The third kappa shape index (κ3) is 9.91. The molecule has 1 aliphatic heterocycles. The summed E-state index contributed by atoms with van der Waals surface area (Å²) in [6, 6.07) is 14.5. The van der Waals surface area contributed by atoms with Crippen LogP contribution in [0.3, 0.4) is 0 Å². The number of anilines is 2. The summed E-state index contributed by atoms with van der Waals surface area (Å²) in [7, 11) is 3.29.